The molecular formula is C19H23N5O5. The summed E-state index contributed by atoms with van der Waals surface area (Å²) in [6.45, 7) is 3.50. The Labute approximate surface area is 166 Å². The highest BCUT2D eigenvalue weighted by Gasteiger charge is 2.44. The predicted octanol–water partition coefficient (Wildman–Crippen LogP) is 1.01. The Balaban J connectivity index is 1.78. The monoisotopic (exact) mass is 401 g/mol. The number of hydrogen-bond donors (Lipinski definition) is 5. The van der Waals surface area contributed by atoms with Crippen LogP contribution in [0.25, 0.3) is 11.2 Å². The van der Waals surface area contributed by atoms with Crippen LogP contribution in [0, 0.1) is 0 Å². The van der Waals surface area contributed by atoms with Gasteiger partial charge in [0.05, 0.1) is 12.9 Å². The quantitative estimate of drug-likeness (QED) is 0.395. The van der Waals surface area contributed by atoms with Crippen molar-refractivity contribution in [2.45, 2.75) is 44.3 Å². The minimum atomic E-state index is -1.24. The number of rotatable bonds is 5. The van der Waals surface area contributed by atoms with E-state index in [-0.39, 0.29) is 11.7 Å². The average molecular weight is 401 g/mol. The van der Waals surface area contributed by atoms with Crippen molar-refractivity contribution >= 4 is 22.7 Å². The highest BCUT2D eigenvalue weighted by Crippen LogP contribution is 2.33. The lowest BCUT2D eigenvalue weighted by molar-refractivity contribution is -0.0511. The van der Waals surface area contributed by atoms with E-state index in [1.807, 2.05) is 13.8 Å². The summed E-state index contributed by atoms with van der Waals surface area (Å²) >= 11 is 0. The molecule has 0 radical (unpaired) electrons. The number of aromatic nitrogens is 4. The SMILES string of the molecule is CC(C)c1nc(Nc2ccc(O)cc2)c2ncn(C3OC(CO)C(O)C3O)c2n1. The molecule has 1 aliphatic rings. The molecule has 154 valence electrons. The number of aliphatic hydroxyl groups excluding tert-OH is 3. The van der Waals surface area contributed by atoms with Crippen molar-refractivity contribution in [3.05, 3.63) is 36.4 Å². The molecule has 1 aromatic carbocycles. The summed E-state index contributed by atoms with van der Waals surface area (Å²) in [4.78, 5) is 13.5. The van der Waals surface area contributed by atoms with E-state index in [1.165, 1.54) is 10.9 Å². The number of anilines is 2. The maximum Gasteiger partial charge on any atom is 0.168 e. The van der Waals surface area contributed by atoms with Crippen LogP contribution in [0.15, 0.2) is 30.6 Å². The van der Waals surface area contributed by atoms with Crippen LogP contribution < -0.4 is 5.32 Å². The van der Waals surface area contributed by atoms with Gasteiger partial charge in [0.15, 0.2) is 23.2 Å². The van der Waals surface area contributed by atoms with Gasteiger partial charge in [-0.2, -0.15) is 0 Å². The topological polar surface area (TPSA) is 146 Å². The van der Waals surface area contributed by atoms with Crippen molar-refractivity contribution in [2.75, 3.05) is 11.9 Å². The van der Waals surface area contributed by atoms with Gasteiger partial charge in [-0.05, 0) is 24.3 Å². The third-order valence-corrected chi connectivity index (χ3v) is 4.88. The number of aliphatic hydroxyl groups is 3. The Morgan fingerprint density at radius 3 is 2.48 bits per heavy atom. The van der Waals surface area contributed by atoms with Crippen LogP contribution in [-0.2, 0) is 4.74 Å². The molecule has 0 amide bonds. The second-order valence-corrected chi connectivity index (χ2v) is 7.31. The van der Waals surface area contributed by atoms with Crippen LogP contribution in [-0.4, -0.2) is 64.9 Å². The molecular weight excluding hydrogens is 378 g/mol. The third-order valence-electron chi connectivity index (χ3n) is 4.88. The normalized spacial score (nSPS) is 24.5. The third kappa shape index (κ3) is 3.51. The van der Waals surface area contributed by atoms with Crippen molar-refractivity contribution in [1.29, 1.82) is 0 Å². The first kappa shape index (κ1) is 19.5. The van der Waals surface area contributed by atoms with E-state index in [2.05, 4.69) is 20.3 Å². The average Bonchev–Trinajstić information content (AvgIpc) is 3.25. The summed E-state index contributed by atoms with van der Waals surface area (Å²) in [5.41, 5.74) is 1.60. The van der Waals surface area contributed by atoms with Crippen molar-refractivity contribution < 1.29 is 25.2 Å². The van der Waals surface area contributed by atoms with E-state index in [0.29, 0.717) is 28.5 Å². The summed E-state index contributed by atoms with van der Waals surface area (Å²) in [5.74, 6) is 1.20. The molecule has 1 fully saturated rings. The highest BCUT2D eigenvalue weighted by molar-refractivity contribution is 5.85. The van der Waals surface area contributed by atoms with Crippen LogP contribution in [0.1, 0.15) is 31.8 Å². The lowest BCUT2D eigenvalue weighted by Crippen LogP contribution is -2.33. The van der Waals surface area contributed by atoms with Gasteiger partial charge in [-0.3, -0.25) is 4.57 Å². The molecule has 1 saturated heterocycles. The molecule has 0 bridgehead atoms. The van der Waals surface area contributed by atoms with Crippen LogP contribution in [0.2, 0.25) is 0 Å². The summed E-state index contributed by atoms with van der Waals surface area (Å²) in [6.07, 6.45) is -2.83. The molecule has 0 spiro atoms. The van der Waals surface area contributed by atoms with Gasteiger partial charge < -0.3 is 30.5 Å². The van der Waals surface area contributed by atoms with Gasteiger partial charge in [0, 0.05) is 11.6 Å². The van der Waals surface area contributed by atoms with Gasteiger partial charge in [0.1, 0.15) is 29.9 Å². The minimum Gasteiger partial charge on any atom is -0.508 e. The molecule has 0 saturated carbocycles. The van der Waals surface area contributed by atoms with E-state index < -0.39 is 31.1 Å². The molecule has 10 heteroatoms. The number of phenols is 1. The summed E-state index contributed by atoms with van der Waals surface area (Å²) < 4.78 is 7.16. The maximum atomic E-state index is 10.4. The Morgan fingerprint density at radius 2 is 1.86 bits per heavy atom. The number of ether oxygens (including phenoxy) is 1. The van der Waals surface area contributed by atoms with Crippen molar-refractivity contribution in [3.63, 3.8) is 0 Å². The van der Waals surface area contributed by atoms with Crippen molar-refractivity contribution in [2.24, 2.45) is 0 Å². The molecule has 5 N–H and O–H groups in total. The number of hydrogen-bond acceptors (Lipinski definition) is 9. The molecule has 2 aromatic heterocycles. The lowest BCUT2D eigenvalue weighted by Gasteiger charge is -2.17. The van der Waals surface area contributed by atoms with Crippen LogP contribution in [0.3, 0.4) is 0 Å². The van der Waals surface area contributed by atoms with E-state index in [0.717, 1.165) is 0 Å². The molecule has 1 aliphatic heterocycles. The zero-order valence-electron chi connectivity index (χ0n) is 16.0. The Hall–Kier alpha value is -2.79. The first-order valence-electron chi connectivity index (χ1n) is 9.32. The molecule has 4 atom stereocenters. The fraction of sp³-hybridized carbons (Fsp3) is 0.421. The molecule has 4 unspecified atom stereocenters. The largest absolute Gasteiger partial charge is 0.508 e. The number of benzene rings is 1. The zero-order chi connectivity index (χ0) is 20.7. The molecule has 0 aliphatic carbocycles. The fourth-order valence-corrected chi connectivity index (χ4v) is 3.26. The van der Waals surface area contributed by atoms with Crippen LogP contribution >= 0.6 is 0 Å². The van der Waals surface area contributed by atoms with E-state index in [4.69, 9.17) is 4.74 Å². The molecule has 29 heavy (non-hydrogen) atoms. The van der Waals surface area contributed by atoms with Gasteiger partial charge in [0.25, 0.3) is 0 Å². The van der Waals surface area contributed by atoms with E-state index >= 15 is 0 Å². The van der Waals surface area contributed by atoms with Crippen molar-refractivity contribution in [3.8, 4) is 5.75 Å². The standard InChI is InChI=1S/C19H23N5O5/c1-9(2)16-22-17(21-10-3-5-11(26)6-4-10)13-18(23-16)24(8-20-13)19-15(28)14(27)12(7-25)29-19/h3-6,8-9,12,14-15,19,25-28H,7H2,1-2H3,(H,21,22,23). The molecule has 10 nitrogen and oxygen atoms in total. The van der Waals surface area contributed by atoms with E-state index in [9.17, 15) is 20.4 Å². The van der Waals surface area contributed by atoms with E-state index in [1.54, 1.807) is 24.3 Å². The van der Waals surface area contributed by atoms with Gasteiger partial charge in [-0.25, -0.2) is 15.0 Å². The maximum absolute atomic E-state index is 10.4. The number of imidazole rings is 1. The number of aromatic hydroxyl groups is 1. The van der Waals surface area contributed by atoms with Gasteiger partial charge in [-0.15, -0.1) is 0 Å². The predicted molar refractivity (Wildman–Crippen MR) is 104 cm³/mol. The zero-order valence-corrected chi connectivity index (χ0v) is 16.0. The molecule has 3 heterocycles. The summed E-state index contributed by atoms with van der Waals surface area (Å²) in [6, 6.07) is 6.53. The Bertz CT molecular complexity index is 1010. The van der Waals surface area contributed by atoms with Crippen LogP contribution in [0.4, 0.5) is 11.5 Å². The fourth-order valence-electron chi connectivity index (χ4n) is 3.26. The smallest absolute Gasteiger partial charge is 0.168 e. The molecule has 4 rings (SSSR count). The lowest BCUT2D eigenvalue weighted by atomic mass is 10.1. The Morgan fingerprint density at radius 1 is 1.14 bits per heavy atom. The number of nitrogens with one attached hydrogen (secondary N) is 1. The minimum absolute atomic E-state index is 0.0216. The summed E-state index contributed by atoms with van der Waals surface area (Å²) in [7, 11) is 0. The van der Waals surface area contributed by atoms with Crippen molar-refractivity contribution in [1.82, 2.24) is 19.5 Å². The second kappa shape index (κ2) is 7.56. The highest BCUT2D eigenvalue weighted by atomic mass is 16.6. The number of fused-ring (bicyclic) bond motifs is 1. The number of nitrogens with zero attached hydrogens (tertiary/aromatic N) is 4. The van der Waals surface area contributed by atoms with Gasteiger partial charge >= 0.3 is 0 Å². The second-order valence-electron chi connectivity index (χ2n) is 7.31. The first-order valence-corrected chi connectivity index (χ1v) is 9.32. The number of phenolic OH excluding ortho intramolecular Hbond substituents is 1. The Kier molecular flexibility index (Phi) is 5.09. The van der Waals surface area contributed by atoms with Crippen LogP contribution in [0.5, 0.6) is 5.75 Å². The molecule has 3 aromatic rings. The first-order chi connectivity index (χ1) is 13.9. The van der Waals surface area contributed by atoms with Gasteiger partial charge in [-0.1, -0.05) is 13.8 Å². The summed E-state index contributed by atoms with van der Waals surface area (Å²) in [5, 5.41) is 42.5. The van der Waals surface area contributed by atoms with Gasteiger partial charge in [0.2, 0.25) is 0 Å².